The third-order valence-electron chi connectivity index (χ3n) is 2.23. The molecule has 1 rings (SSSR count). The van der Waals surface area contributed by atoms with Gasteiger partial charge in [-0.05, 0) is 6.42 Å². The van der Waals surface area contributed by atoms with Gasteiger partial charge in [0.15, 0.2) is 0 Å². The van der Waals surface area contributed by atoms with Gasteiger partial charge in [-0.1, -0.05) is 6.92 Å². The van der Waals surface area contributed by atoms with E-state index in [1.54, 1.807) is 14.2 Å². The molecule has 0 bridgehead atoms. The molecule has 1 saturated heterocycles. The number of rotatable bonds is 8. The first-order chi connectivity index (χ1) is 6.80. The van der Waals surface area contributed by atoms with Gasteiger partial charge < -0.3 is 18.3 Å². The minimum absolute atomic E-state index is 0.244. The van der Waals surface area contributed by atoms with Gasteiger partial charge in [-0.25, -0.2) is 0 Å². The maximum absolute atomic E-state index is 5.69. The van der Waals surface area contributed by atoms with Crippen LogP contribution in [0.5, 0.6) is 0 Å². The Labute approximate surface area is 87.3 Å². The molecule has 1 radical (unpaired) electrons. The Morgan fingerprint density at radius 3 is 2.50 bits per heavy atom. The lowest BCUT2D eigenvalue weighted by Crippen LogP contribution is -2.27. The summed E-state index contributed by atoms with van der Waals surface area (Å²) in [6, 6.07) is 0.876. The number of hydrogen-bond acceptors (Lipinski definition) is 4. The molecule has 1 aliphatic rings. The standard InChI is InChI=1S/C9H19O4Si/c1-4-8(7-14(10-2)11-3)12-5-9-6-13-9/h8-9H,4-7H2,1-3H3. The van der Waals surface area contributed by atoms with Crippen molar-refractivity contribution in [3.63, 3.8) is 0 Å². The molecule has 1 fully saturated rings. The first-order valence-electron chi connectivity index (χ1n) is 4.97. The molecule has 2 unspecified atom stereocenters. The molecule has 83 valence electrons. The van der Waals surface area contributed by atoms with Crippen LogP contribution in [0.4, 0.5) is 0 Å². The average Bonchev–Trinajstić information content (AvgIpc) is 3.02. The smallest absolute Gasteiger partial charge is 0.386 e. The van der Waals surface area contributed by atoms with Crippen LogP contribution in [0, 0.1) is 0 Å². The van der Waals surface area contributed by atoms with Crippen LogP contribution in [0.25, 0.3) is 0 Å². The normalized spacial score (nSPS) is 22.7. The summed E-state index contributed by atoms with van der Waals surface area (Å²) in [6.07, 6.45) is 1.57. The van der Waals surface area contributed by atoms with E-state index in [1.807, 2.05) is 0 Å². The lowest BCUT2D eigenvalue weighted by molar-refractivity contribution is 0.0468. The Kier molecular flexibility index (Phi) is 5.65. The van der Waals surface area contributed by atoms with Crippen molar-refractivity contribution in [3.8, 4) is 0 Å². The molecule has 0 N–H and O–H groups in total. The van der Waals surface area contributed by atoms with E-state index in [4.69, 9.17) is 18.3 Å². The number of ether oxygens (including phenoxy) is 2. The van der Waals surface area contributed by atoms with Gasteiger partial charge >= 0.3 is 9.28 Å². The maximum atomic E-state index is 5.69. The molecule has 2 atom stereocenters. The third-order valence-corrected chi connectivity index (χ3v) is 3.92. The van der Waals surface area contributed by atoms with Crippen LogP contribution in [0.3, 0.4) is 0 Å². The summed E-state index contributed by atoms with van der Waals surface area (Å²) in [7, 11) is 2.25. The Bertz CT molecular complexity index is 148. The Hall–Kier alpha value is 0.0569. The topological polar surface area (TPSA) is 40.2 Å². The highest BCUT2D eigenvalue weighted by atomic mass is 28.3. The van der Waals surface area contributed by atoms with Gasteiger partial charge in [-0.2, -0.15) is 0 Å². The van der Waals surface area contributed by atoms with E-state index in [1.165, 1.54) is 0 Å². The van der Waals surface area contributed by atoms with E-state index in [9.17, 15) is 0 Å². The summed E-state index contributed by atoms with van der Waals surface area (Å²) in [5, 5.41) is 0. The number of hydrogen-bond donors (Lipinski definition) is 0. The molecule has 0 amide bonds. The average molecular weight is 219 g/mol. The zero-order chi connectivity index (χ0) is 10.4. The van der Waals surface area contributed by atoms with E-state index in [0.717, 1.165) is 19.1 Å². The van der Waals surface area contributed by atoms with Gasteiger partial charge in [0.1, 0.15) is 6.10 Å². The van der Waals surface area contributed by atoms with E-state index in [0.29, 0.717) is 12.7 Å². The molecule has 0 aliphatic carbocycles. The van der Waals surface area contributed by atoms with Crippen molar-refractivity contribution >= 4 is 9.28 Å². The highest BCUT2D eigenvalue weighted by Crippen LogP contribution is 2.14. The zero-order valence-corrected chi connectivity index (χ0v) is 10.1. The Morgan fingerprint density at radius 2 is 2.07 bits per heavy atom. The second kappa shape index (κ2) is 6.52. The first-order valence-corrected chi connectivity index (χ1v) is 6.49. The van der Waals surface area contributed by atoms with Gasteiger partial charge in [-0.3, -0.25) is 0 Å². The highest BCUT2D eigenvalue weighted by molar-refractivity contribution is 6.44. The van der Waals surface area contributed by atoms with Crippen LogP contribution in [-0.4, -0.2) is 48.9 Å². The van der Waals surface area contributed by atoms with Crippen LogP contribution < -0.4 is 0 Å². The van der Waals surface area contributed by atoms with Crippen molar-refractivity contribution in [2.45, 2.75) is 31.6 Å². The minimum Gasteiger partial charge on any atom is -0.397 e. The molecule has 0 aromatic heterocycles. The van der Waals surface area contributed by atoms with Gasteiger partial charge in [-0.15, -0.1) is 0 Å². The monoisotopic (exact) mass is 219 g/mol. The predicted molar refractivity (Wildman–Crippen MR) is 54.4 cm³/mol. The van der Waals surface area contributed by atoms with Crippen LogP contribution in [0.2, 0.25) is 6.04 Å². The maximum Gasteiger partial charge on any atom is 0.386 e. The Morgan fingerprint density at radius 1 is 1.43 bits per heavy atom. The molecule has 0 aromatic rings. The minimum atomic E-state index is -1.13. The SMILES string of the molecule is CCC(C[Si](OC)OC)OCC1CO1. The lowest BCUT2D eigenvalue weighted by atomic mass is 10.3. The van der Waals surface area contributed by atoms with Crippen LogP contribution in [0.1, 0.15) is 13.3 Å². The van der Waals surface area contributed by atoms with E-state index in [2.05, 4.69) is 6.92 Å². The fourth-order valence-electron chi connectivity index (χ4n) is 1.16. The summed E-state index contributed by atoms with van der Waals surface area (Å²) >= 11 is 0. The second-order valence-electron chi connectivity index (χ2n) is 3.30. The molecule has 5 heteroatoms. The van der Waals surface area contributed by atoms with E-state index in [-0.39, 0.29) is 6.10 Å². The molecule has 0 spiro atoms. The molecular weight excluding hydrogens is 200 g/mol. The second-order valence-corrected chi connectivity index (χ2v) is 5.27. The summed E-state index contributed by atoms with van der Waals surface area (Å²) in [5.41, 5.74) is 0. The van der Waals surface area contributed by atoms with Crippen LogP contribution in [-0.2, 0) is 18.3 Å². The summed E-state index contributed by atoms with van der Waals surface area (Å²) in [4.78, 5) is 0. The summed E-state index contributed by atoms with van der Waals surface area (Å²) in [5.74, 6) is 0. The largest absolute Gasteiger partial charge is 0.397 e. The van der Waals surface area contributed by atoms with Crippen LogP contribution in [0.15, 0.2) is 0 Å². The molecule has 1 aliphatic heterocycles. The quantitative estimate of drug-likeness (QED) is 0.450. The highest BCUT2D eigenvalue weighted by Gasteiger charge is 2.26. The molecule has 0 aromatic carbocycles. The zero-order valence-electron chi connectivity index (χ0n) is 9.12. The van der Waals surface area contributed by atoms with Crippen LogP contribution >= 0.6 is 0 Å². The van der Waals surface area contributed by atoms with Crippen molar-refractivity contribution in [3.05, 3.63) is 0 Å². The van der Waals surface area contributed by atoms with Crippen molar-refractivity contribution in [2.75, 3.05) is 27.4 Å². The van der Waals surface area contributed by atoms with Crippen molar-refractivity contribution in [1.29, 1.82) is 0 Å². The van der Waals surface area contributed by atoms with Crippen molar-refractivity contribution in [2.24, 2.45) is 0 Å². The lowest BCUT2D eigenvalue weighted by Gasteiger charge is -2.18. The number of epoxide rings is 1. The molecule has 14 heavy (non-hydrogen) atoms. The van der Waals surface area contributed by atoms with Gasteiger partial charge in [0, 0.05) is 20.3 Å². The molecule has 4 nitrogen and oxygen atoms in total. The van der Waals surface area contributed by atoms with Gasteiger partial charge in [0.2, 0.25) is 0 Å². The van der Waals surface area contributed by atoms with E-state index >= 15 is 0 Å². The fourth-order valence-corrected chi connectivity index (χ4v) is 2.44. The molecule has 1 heterocycles. The summed E-state index contributed by atoms with van der Waals surface area (Å²) < 4.78 is 21.2. The molecule has 0 saturated carbocycles. The van der Waals surface area contributed by atoms with Gasteiger partial charge in [0.25, 0.3) is 0 Å². The van der Waals surface area contributed by atoms with Crippen molar-refractivity contribution < 1.29 is 18.3 Å². The molecular formula is C9H19O4Si. The van der Waals surface area contributed by atoms with Gasteiger partial charge in [0.05, 0.1) is 19.3 Å². The third kappa shape index (κ3) is 4.52. The van der Waals surface area contributed by atoms with E-state index < -0.39 is 9.28 Å². The van der Waals surface area contributed by atoms with Crippen molar-refractivity contribution in [1.82, 2.24) is 0 Å². The summed E-state index contributed by atoms with van der Waals surface area (Å²) in [6.45, 7) is 3.67. The fraction of sp³-hybridized carbons (Fsp3) is 1.00. The predicted octanol–water partition coefficient (Wildman–Crippen LogP) is 0.961. The first kappa shape index (κ1) is 12.1. The Balaban J connectivity index is 2.14.